The van der Waals surface area contributed by atoms with Gasteiger partial charge in [0.2, 0.25) is 0 Å². The zero-order valence-electron chi connectivity index (χ0n) is 12.4. The molecule has 0 aliphatic heterocycles. The van der Waals surface area contributed by atoms with E-state index >= 15 is 0 Å². The number of halogens is 4. The Morgan fingerprint density at radius 2 is 2.09 bits per heavy atom. The van der Waals surface area contributed by atoms with Gasteiger partial charge in [-0.2, -0.15) is 18.3 Å². The maximum atomic E-state index is 13.2. The molecular formula is C15H14ClF3N2O2. The van der Waals surface area contributed by atoms with Crippen molar-refractivity contribution < 1.29 is 22.7 Å². The van der Waals surface area contributed by atoms with Crippen LogP contribution in [0.1, 0.15) is 34.2 Å². The minimum Gasteiger partial charge on any atom is -0.462 e. The van der Waals surface area contributed by atoms with Crippen LogP contribution in [0.4, 0.5) is 13.2 Å². The van der Waals surface area contributed by atoms with E-state index in [4.69, 9.17) is 16.3 Å². The summed E-state index contributed by atoms with van der Waals surface area (Å²) >= 11 is 5.87. The van der Waals surface area contributed by atoms with E-state index in [1.807, 2.05) is 0 Å². The third-order valence-corrected chi connectivity index (χ3v) is 3.36. The van der Waals surface area contributed by atoms with Gasteiger partial charge in [-0.15, -0.1) is 0 Å². The van der Waals surface area contributed by atoms with Gasteiger partial charge in [0.25, 0.3) is 0 Å². The van der Waals surface area contributed by atoms with Gasteiger partial charge in [0, 0.05) is 18.5 Å². The number of hydrogen-bond donors (Lipinski definition) is 0. The normalized spacial score (nSPS) is 11.6. The van der Waals surface area contributed by atoms with Gasteiger partial charge in [-0.1, -0.05) is 23.7 Å². The van der Waals surface area contributed by atoms with Gasteiger partial charge in [-0.05, 0) is 24.6 Å². The van der Waals surface area contributed by atoms with Gasteiger partial charge < -0.3 is 4.74 Å². The smallest absolute Gasteiger partial charge is 0.433 e. The molecular weight excluding hydrogens is 333 g/mol. The molecule has 1 aromatic heterocycles. The standard InChI is InChI=1S/C15H14ClF3N2O2/c1-3-23-14(22)12-11(8-9-5-4-6-10(16)7-9)20-21(2)13(12)15(17,18)19/h4-7H,3,8H2,1-2H3. The lowest BCUT2D eigenvalue weighted by Crippen LogP contribution is -2.18. The molecule has 0 atom stereocenters. The number of nitrogens with zero attached hydrogens (tertiary/aromatic N) is 2. The zero-order valence-corrected chi connectivity index (χ0v) is 13.2. The van der Waals surface area contributed by atoms with Crippen LogP contribution >= 0.6 is 11.6 Å². The minimum atomic E-state index is -4.71. The topological polar surface area (TPSA) is 44.1 Å². The Hall–Kier alpha value is -2.02. The number of ether oxygens (including phenoxy) is 1. The predicted octanol–water partition coefficient (Wildman–Crippen LogP) is 3.86. The average Bonchev–Trinajstić information content (AvgIpc) is 2.75. The summed E-state index contributed by atoms with van der Waals surface area (Å²) in [7, 11) is 1.15. The van der Waals surface area contributed by atoms with Crippen molar-refractivity contribution in [1.29, 1.82) is 0 Å². The molecule has 1 aromatic carbocycles. The van der Waals surface area contributed by atoms with Crippen LogP contribution in [0.3, 0.4) is 0 Å². The highest BCUT2D eigenvalue weighted by Crippen LogP contribution is 2.34. The summed E-state index contributed by atoms with van der Waals surface area (Å²) in [6.45, 7) is 1.50. The predicted molar refractivity (Wildman–Crippen MR) is 78.4 cm³/mol. The molecule has 1 heterocycles. The van der Waals surface area contributed by atoms with E-state index < -0.39 is 23.4 Å². The molecule has 0 bridgehead atoms. The van der Waals surface area contributed by atoms with Crippen LogP contribution in [0.25, 0.3) is 0 Å². The van der Waals surface area contributed by atoms with Crippen LogP contribution in [0, 0.1) is 0 Å². The lowest BCUT2D eigenvalue weighted by Gasteiger charge is -2.10. The Bertz CT molecular complexity index is 726. The number of alkyl halides is 3. The molecule has 124 valence electrons. The molecule has 0 N–H and O–H groups in total. The summed E-state index contributed by atoms with van der Waals surface area (Å²) in [6, 6.07) is 6.63. The summed E-state index contributed by atoms with van der Waals surface area (Å²) in [5.74, 6) is -1.04. The minimum absolute atomic E-state index is 0.000502. The van der Waals surface area contributed by atoms with Crippen LogP contribution in [-0.2, 0) is 24.4 Å². The molecule has 2 aromatic rings. The van der Waals surface area contributed by atoms with E-state index in [1.165, 1.54) is 6.92 Å². The SMILES string of the molecule is CCOC(=O)c1c(Cc2cccc(Cl)c2)nn(C)c1C(F)(F)F. The van der Waals surface area contributed by atoms with Crippen LogP contribution in [0.2, 0.25) is 5.02 Å². The molecule has 0 aliphatic rings. The van der Waals surface area contributed by atoms with Crippen molar-refractivity contribution in [1.82, 2.24) is 9.78 Å². The Morgan fingerprint density at radius 1 is 1.39 bits per heavy atom. The van der Waals surface area contributed by atoms with Crippen molar-refractivity contribution in [3.05, 3.63) is 51.8 Å². The molecule has 0 saturated carbocycles. The first-order valence-electron chi connectivity index (χ1n) is 6.78. The van der Waals surface area contributed by atoms with Crippen LogP contribution in [0.5, 0.6) is 0 Å². The average molecular weight is 347 g/mol. The molecule has 0 unspecified atom stereocenters. The van der Waals surface area contributed by atoms with Crippen LogP contribution in [-0.4, -0.2) is 22.4 Å². The second kappa shape index (κ2) is 6.62. The fourth-order valence-electron chi connectivity index (χ4n) is 2.29. The maximum Gasteiger partial charge on any atom is 0.433 e. The molecule has 2 rings (SSSR count). The summed E-state index contributed by atoms with van der Waals surface area (Å²) < 4.78 is 45.1. The number of carbonyl (C=O) groups excluding carboxylic acids is 1. The van der Waals surface area contributed by atoms with Crippen molar-refractivity contribution in [3.8, 4) is 0 Å². The van der Waals surface area contributed by atoms with Gasteiger partial charge in [0.05, 0.1) is 12.3 Å². The number of aromatic nitrogens is 2. The molecule has 0 fully saturated rings. The van der Waals surface area contributed by atoms with E-state index in [0.29, 0.717) is 15.3 Å². The van der Waals surface area contributed by atoms with Crippen molar-refractivity contribution in [2.45, 2.75) is 19.5 Å². The third kappa shape index (κ3) is 3.85. The highest BCUT2D eigenvalue weighted by Gasteiger charge is 2.41. The first kappa shape index (κ1) is 17.3. The van der Waals surface area contributed by atoms with Gasteiger partial charge in [-0.3, -0.25) is 4.68 Å². The molecule has 0 amide bonds. The molecule has 0 aliphatic carbocycles. The first-order chi connectivity index (χ1) is 10.7. The highest BCUT2D eigenvalue weighted by atomic mass is 35.5. The van der Waals surface area contributed by atoms with Gasteiger partial charge in [0.15, 0.2) is 5.69 Å². The van der Waals surface area contributed by atoms with Crippen LogP contribution < -0.4 is 0 Å². The molecule has 0 spiro atoms. The Labute approximate surface area is 135 Å². The quantitative estimate of drug-likeness (QED) is 0.790. The fourth-order valence-corrected chi connectivity index (χ4v) is 2.50. The number of esters is 1. The number of hydrogen-bond acceptors (Lipinski definition) is 3. The van der Waals surface area contributed by atoms with Gasteiger partial charge in [0.1, 0.15) is 5.56 Å². The molecule has 8 heteroatoms. The largest absolute Gasteiger partial charge is 0.462 e. The summed E-state index contributed by atoms with van der Waals surface area (Å²) in [4.78, 5) is 12.0. The molecule has 0 radical (unpaired) electrons. The second-order valence-electron chi connectivity index (χ2n) is 4.82. The Morgan fingerprint density at radius 3 is 2.65 bits per heavy atom. The lowest BCUT2D eigenvalue weighted by atomic mass is 10.0. The number of carbonyl (C=O) groups is 1. The van der Waals surface area contributed by atoms with Gasteiger partial charge in [-0.25, -0.2) is 4.79 Å². The number of benzene rings is 1. The zero-order chi connectivity index (χ0) is 17.2. The summed E-state index contributed by atoms with van der Waals surface area (Å²) in [5.41, 5.74) is -1.02. The van der Waals surface area contributed by atoms with E-state index in [1.54, 1.807) is 24.3 Å². The number of aryl methyl sites for hydroxylation is 1. The fraction of sp³-hybridized carbons (Fsp3) is 0.333. The van der Waals surface area contributed by atoms with Crippen molar-refractivity contribution in [3.63, 3.8) is 0 Å². The van der Waals surface area contributed by atoms with Gasteiger partial charge >= 0.3 is 12.1 Å². The first-order valence-corrected chi connectivity index (χ1v) is 7.16. The van der Waals surface area contributed by atoms with Crippen molar-refractivity contribution >= 4 is 17.6 Å². The molecule has 4 nitrogen and oxygen atoms in total. The van der Waals surface area contributed by atoms with Crippen molar-refractivity contribution in [2.75, 3.05) is 6.61 Å². The summed E-state index contributed by atoms with van der Waals surface area (Å²) in [5, 5.41) is 4.31. The maximum absolute atomic E-state index is 13.2. The Balaban J connectivity index is 2.52. The van der Waals surface area contributed by atoms with E-state index in [2.05, 4.69) is 5.10 Å². The van der Waals surface area contributed by atoms with E-state index in [0.717, 1.165) is 7.05 Å². The monoisotopic (exact) mass is 346 g/mol. The van der Waals surface area contributed by atoms with Crippen LogP contribution in [0.15, 0.2) is 24.3 Å². The lowest BCUT2D eigenvalue weighted by molar-refractivity contribution is -0.144. The van der Waals surface area contributed by atoms with Crippen molar-refractivity contribution in [2.24, 2.45) is 7.05 Å². The van der Waals surface area contributed by atoms with E-state index in [9.17, 15) is 18.0 Å². The summed E-state index contributed by atoms with van der Waals surface area (Å²) in [6.07, 6.45) is -4.67. The Kier molecular flexibility index (Phi) is 4.99. The number of rotatable bonds is 4. The third-order valence-electron chi connectivity index (χ3n) is 3.13. The molecule has 23 heavy (non-hydrogen) atoms. The molecule has 0 saturated heterocycles. The van der Waals surface area contributed by atoms with E-state index in [-0.39, 0.29) is 18.7 Å². The highest BCUT2D eigenvalue weighted by molar-refractivity contribution is 6.30. The second-order valence-corrected chi connectivity index (χ2v) is 5.26.